The van der Waals surface area contributed by atoms with Gasteiger partial charge in [-0.25, -0.2) is 0 Å². The van der Waals surface area contributed by atoms with E-state index < -0.39 is 17.8 Å². The molecule has 0 fully saturated rings. The van der Waals surface area contributed by atoms with E-state index in [1.165, 1.54) is 7.11 Å². The lowest BCUT2D eigenvalue weighted by Gasteiger charge is -2.11. The number of ether oxygens (including phenoxy) is 3. The van der Waals surface area contributed by atoms with Gasteiger partial charge >= 0.3 is 5.97 Å². The molecule has 1 aromatic carbocycles. The Morgan fingerprint density at radius 3 is 2.42 bits per heavy atom. The average molecular weight is 383 g/mol. The summed E-state index contributed by atoms with van der Waals surface area (Å²) < 4.78 is 14.8. The van der Waals surface area contributed by atoms with Gasteiger partial charge in [-0.05, 0) is 24.4 Å². The van der Waals surface area contributed by atoms with Crippen LogP contribution in [0.15, 0.2) is 30.3 Å². The SMILES string of the molecule is COCCOC(=O)CCC(=O)NC(=S)NNC(=O)COc1ccccc1. The summed E-state index contributed by atoms with van der Waals surface area (Å²) in [4.78, 5) is 34.6. The second-order valence-electron chi connectivity index (χ2n) is 4.87. The summed E-state index contributed by atoms with van der Waals surface area (Å²) >= 11 is 4.86. The molecule has 0 aliphatic carbocycles. The van der Waals surface area contributed by atoms with Crippen molar-refractivity contribution < 1.29 is 28.6 Å². The molecule has 1 aromatic rings. The number of carbonyl (C=O) groups is 3. The van der Waals surface area contributed by atoms with Crippen molar-refractivity contribution in [2.45, 2.75) is 12.8 Å². The van der Waals surface area contributed by atoms with Gasteiger partial charge < -0.3 is 19.5 Å². The highest BCUT2D eigenvalue weighted by atomic mass is 32.1. The molecule has 0 aliphatic heterocycles. The molecule has 0 heterocycles. The largest absolute Gasteiger partial charge is 0.484 e. The standard InChI is InChI=1S/C16H21N3O6S/c1-23-9-10-24-15(22)8-7-13(20)17-16(26)19-18-14(21)11-25-12-5-3-2-4-6-12/h2-6H,7-11H2,1H3,(H,18,21)(H2,17,19,20,26). The van der Waals surface area contributed by atoms with Crippen LogP contribution in [0.5, 0.6) is 5.75 Å². The number of methoxy groups -OCH3 is 1. The lowest BCUT2D eigenvalue weighted by molar-refractivity contribution is -0.146. The summed E-state index contributed by atoms with van der Waals surface area (Å²) in [5.74, 6) is -0.925. The number of benzene rings is 1. The van der Waals surface area contributed by atoms with Crippen LogP contribution in [-0.4, -0.2) is 49.8 Å². The number of hydrogen-bond donors (Lipinski definition) is 3. The molecule has 9 nitrogen and oxygen atoms in total. The minimum Gasteiger partial charge on any atom is -0.484 e. The van der Waals surface area contributed by atoms with Crippen molar-refractivity contribution in [1.29, 1.82) is 0 Å². The molecule has 26 heavy (non-hydrogen) atoms. The predicted octanol–water partition coefficient (Wildman–Crippen LogP) is 0.0571. The minimum absolute atomic E-state index is 0.0879. The molecule has 0 saturated heterocycles. The fraction of sp³-hybridized carbons (Fsp3) is 0.375. The molecule has 142 valence electrons. The third kappa shape index (κ3) is 10.2. The molecule has 1 rings (SSSR count). The summed E-state index contributed by atoms with van der Waals surface area (Å²) in [5, 5.41) is 2.22. The number of thiocarbonyl (C=S) groups is 1. The lowest BCUT2D eigenvalue weighted by atomic mass is 10.3. The molecule has 0 unspecified atom stereocenters. The highest BCUT2D eigenvalue weighted by Gasteiger charge is 2.10. The molecular weight excluding hydrogens is 362 g/mol. The molecule has 3 N–H and O–H groups in total. The van der Waals surface area contributed by atoms with E-state index in [1.807, 2.05) is 6.07 Å². The Bertz CT molecular complexity index is 611. The second kappa shape index (κ2) is 12.6. The van der Waals surface area contributed by atoms with Crippen molar-refractivity contribution in [1.82, 2.24) is 16.2 Å². The Kier molecular flexibility index (Phi) is 10.3. The molecule has 0 radical (unpaired) electrons. The first-order valence-electron chi connectivity index (χ1n) is 7.72. The van der Waals surface area contributed by atoms with Gasteiger partial charge in [0.05, 0.1) is 13.0 Å². The predicted molar refractivity (Wildman–Crippen MR) is 96.0 cm³/mol. The van der Waals surface area contributed by atoms with E-state index in [9.17, 15) is 14.4 Å². The Labute approximate surface area is 156 Å². The van der Waals surface area contributed by atoms with Gasteiger partial charge in [0.1, 0.15) is 12.4 Å². The van der Waals surface area contributed by atoms with E-state index in [0.29, 0.717) is 12.4 Å². The van der Waals surface area contributed by atoms with Crippen molar-refractivity contribution in [3.8, 4) is 5.75 Å². The van der Waals surface area contributed by atoms with Crippen molar-refractivity contribution in [2.75, 3.05) is 26.9 Å². The van der Waals surface area contributed by atoms with Gasteiger partial charge in [-0.1, -0.05) is 18.2 Å². The van der Waals surface area contributed by atoms with Crippen LogP contribution in [0, 0.1) is 0 Å². The number of esters is 1. The van der Waals surface area contributed by atoms with E-state index in [-0.39, 0.29) is 31.2 Å². The van der Waals surface area contributed by atoms with Crippen molar-refractivity contribution >= 4 is 35.1 Å². The van der Waals surface area contributed by atoms with Crippen molar-refractivity contribution in [3.63, 3.8) is 0 Å². The third-order valence-corrected chi connectivity index (χ3v) is 2.99. The highest BCUT2D eigenvalue weighted by molar-refractivity contribution is 7.80. The minimum atomic E-state index is -0.512. The van der Waals surface area contributed by atoms with Gasteiger partial charge in [0.25, 0.3) is 5.91 Å². The number of rotatable bonds is 9. The van der Waals surface area contributed by atoms with E-state index >= 15 is 0 Å². The number of hydrazine groups is 1. The third-order valence-electron chi connectivity index (χ3n) is 2.79. The van der Waals surface area contributed by atoms with Gasteiger partial charge in [0.15, 0.2) is 11.7 Å². The van der Waals surface area contributed by atoms with E-state index in [0.717, 1.165) is 0 Å². The number of amides is 2. The molecular formula is C16H21N3O6S. The Morgan fingerprint density at radius 1 is 1.00 bits per heavy atom. The van der Waals surface area contributed by atoms with Crippen LogP contribution < -0.4 is 20.9 Å². The Hall–Kier alpha value is -2.72. The summed E-state index contributed by atoms with van der Waals surface area (Å²) in [6.07, 6.45) is -0.186. The van der Waals surface area contributed by atoms with E-state index in [2.05, 4.69) is 16.2 Å². The molecule has 2 amide bonds. The van der Waals surface area contributed by atoms with Crippen molar-refractivity contribution in [3.05, 3.63) is 30.3 Å². The summed E-state index contributed by atoms with van der Waals surface area (Å²) in [6.45, 7) is 0.203. The summed E-state index contributed by atoms with van der Waals surface area (Å²) in [6, 6.07) is 8.82. The van der Waals surface area contributed by atoms with E-state index in [1.54, 1.807) is 24.3 Å². The number of carbonyl (C=O) groups excluding carboxylic acids is 3. The Balaban J connectivity index is 2.13. The summed E-state index contributed by atoms with van der Waals surface area (Å²) in [7, 11) is 1.49. The fourth-order valence-electron chi connectivity index (χ4n) is 1.58. The first kappa shape index (κ1) is 21.3. The molecule has 0 aromatic heterocycles. The zero-order chi connectivity index (χ0) is 19.2. The maximum atomic E-state index is 11.6. The maximum absolute atomic E-state index is 11.6. The van der Waals surface area contributed by atoms with Gasteiger partial charge in [0, 0.05) is 13.5 Å². The molecule has 0 spiro atoms. The maximum Gasteiger partial charge on any atom is 0.306 e. The first-order valence-corrected chi connectivity index (χ1v) is 8.13. The van der Waals surface area contributed by atoms with Gasteiger partial charge in [0.2, 0.25) is 5.91 Å². The highest BCUT2D eigenvalue weighted by Crippen LogP contribution is 2.07. The Morgan fingerprint density at radius 2 is 1.73 bits per heavy atom. The first-order chi connectivity index (χ1) is 12.5. The number of nitrogens with one attached hydrogen (secondary N) is 3. The summed E-state index contributed by atoms with van der Waals surface area (Å²) in [5.41, 5.74) is 4.65. The lowest BCUT2D eigenvalue weighted by Crippen LogP contribution is -2.49. The van der Waals surface area contributed by atoms with Crippen LogP contribution in [0.1, 0.15) is 12.8 Å². The number of para-hydroxylation sites is 1. The van der Waals surface area contributed by atoms with Crippen molar-refractivity contribution in [2.24, 2.45) is 0 Å². The quantitative estimate of drug-likeness (QED) is 0.237. The zero-order valence-corrected chi connectivity index (χ0v) is 15.1. The van der Waals surface area contributed by atoms with Gasteiger partial charge in [-0.3, -0.25) is 25.2 Å². The molecule has 0 saturated carbocycles. The molecule has 10 heteroatoms. The van der Waals surface area contributed by atoms with E-state index in [4.69, 9.17) is 26.4 Å². The van der Waals surface area contributed by atoms with Crippen LogP contribution in [0.25, 0.3) is 0 Å². The smallest absolute Gasteiger partial charge is 0.306 e. The number of hydrogen-bond acceptors (Lipinski definition) is 7. The molecule has 0 bridgehead atoms. The van der Waals surface area contributed by atoms with Crippen LogP contribution in [-0.2, 0) is 23.9 Å². The molecule has 0 atom stereocenters. The van der Waals surface area contributed by atoms with Crippen LogP contribution >= 0.6 is 12.2 Å². The van der Waals surface area contributed by atoms with Crippen LogP contribution in [0.4, 0.5) is 0 Å². The fourth-order valence-corrected chi connectivity index (χ4v) is 1.74. The monoisotopic (exact) mass is 383 g/mol. The average Bonchev–Trinajstić information content (AvgIpc) is 2.64. The molecule has 0 aliphatic rings. The normalized spacial score (nSPS) is 9.73. The van der Waals surface area contributed by atoms with Gasteiger partial charge in [-0.15, -0.1) is 0 Å². The van der Waals surface area contributed by atoms with Crippen LogP contribution in [0.2, 0.25) is 0 Å². The van der Waals surface area contributed by atoms with Crippen LogP contribution in [0.3, 0.4) is 0 Å². The zero-order valence-electron chi connectivity index (χ0n) is 14.3. The second-order valence-corrected chi connectivity index (χ2v) is 5.27. The topological polar surface area (TPSA) is 115 Å². The van der Waals surface area contributed by atoms with Gasteiger partial charge in [-0.2, -0.15) is 0 Å².